The molecule has 1 aromatic heterocycles. The first-order valence-corrected chi connectivity index (χ1v) is 8.57. The van der Waals surface area contributed by atoms with Crippen molar-refractivity contribution >= 4 is 29.3 Å². The van der Waals surface area contributed by atoms with Gasteiger partial charge in [0.05, 0.1) is 17.1 Å². The van der Waals surface area contributed by atoms with E-state index in [9.17, 15) is 14.0 Å². The summed E-state index contributed by atoms with van der Waals surface area (Å²) in [7, 11) is 0. The molecule has 1 aliphatic rings. The van der Waals surface area contributed by atoms with Crippen molar-refractivity contribution in [3.63, 3.8) is 0 Å². The van der Waals surface area contributed by atoms with Crippen LogP contribution in [0.3, 0.4) is 0 Å². The summed E-state index contributed by atoms with van der Waals surface area (Å²) in [5.41, 5.74) is 1.84. The third kappa shape index (κ3) is 3.74. The zero-order valence-electron chi connectivity index (χ0n) is 14.5. The molecule has 1 amide bonds. The molecule has 2 aromatic carbocycles. The zero-order valence-corrected chi connectivity index (χ0v) is 15.3. The number of para-hydroxylation sites is 2. The minimum atomic E-state index is -0.326. The Morgan fingerprint density at radius 2 is 2.00 bits per heavy atom. The van der Waals surface area contributed by atoms with Gasteiger partial charge in [-0.05, 0) is 29.8 Å². The minimum absolute atomic E-state index is 0. The lowest BCUT2D eigenvalue weighted by Crippen LogP contribution is -2.50. The van der Waals surface area contributed by atoms with Crippen LogP contribution in [0.1, 0.15) is 11.6 Å². The van der Waals surface area contributed by atoms with E-state index in [2.05, 4.69) is 10.3 Å². The molecule has 2 heterocycles. The fourth-order valence-electron chi connectivity index (χ4n) is 3.50. The van der Waals surface area contributed by atoms with Crippen LogP contribution in [0.2, 0.25) is 0 Å². The molecule has 0 bridgehead atoms. The number of amides is 1. The molecule has 3 aromatic rings. The zero-order chi connectivity index (χ0) is 18.1. The molecule has 142 valence electrons. The van der Waals surface area contributed by atoms with Crippen LogP contribution in [0, 0.1) is 5.82 Å². The number of piperazine rings is 1. The van der Waals surface area contributed by atoms with Crippen molar-refractivity contribution < 1.29 is 9.18 Å². The Morgan fingerprint density at radius 1 is 1.19 bits per heavy atom. The van der Waals surface area contributed by atoms with Gasteiger partial charge in [0.2, 0.25) is 5.91 Å². The number of aromatic amines is 1. The second-order valence-electron chi connectivity index (χ2n) is 6.40. The Kier molecular flexibility index (Phi) is 5.62. The Bertz CT molecular complexity index is 1020. The second kappa shape index (κ2) is 7.94. The first-order valence-electron chi connectivity index (χ1n) is 8.57. The maximum atomic E-state index is 13.6. The quantitative estimate of drug-likeness (QED) is 0.719. The molecule has 0 spiro atoms. The Balaban J connectivity index is 0.00000210. The van der Waals surface area contributed by atoms with E-state index in [1.165, 1.54) is 16.7 Å². The van der Waals surface area contributed by atoms with Crippen molar-refractivity contribution in [3.8, 4) is 0 Å². The Morgan fingerprint density at radius 3 is 2.81 bits per heavy atom. The first-order chi connectivity index (χ1) is 12.6. The molecule has 2 N–H and O–H groups in total. The van der Waals surface area contributed by atoms with Gasteiger partial charge >= 0.3 is 5.69 Å². The van der Waals surface area contributed by atoms with E-state index >= 15 is 0 Å². The van der Waals surface area contributed by atoms with Gasteiger partial charge < -0.3 is 15.2 Å². The summed E-state index contributed by atoms with van der Waals surface area (Å²) in [6.07, 6.45) is 0. The number of H-pyrrole nitrogens is 1. The molecule has 8 heteroatoms. The third-order valence-corrected chi connectivity index (χ3v) is 4.77. The van der Waals surface area contributed by atoms with Crippen molar-refractivity contribution in [1.29, 1.82) is 0 Å². The van der Waals surface area contributed by atoms with E-state index < -0.39 is 0 Å². The Hall–Kier alpha value is -2.64. The summed E-state index contributed by atoms with van der Waals surface area (Å²) >= 11 is 0. The lowest BCUT2D eigenvalue weighted by Gasteiger charge is -2.36. The molecule has 27 heavy (non-hydrogen) atoms. The van der Waals surface area contributed by atoms with E-state index in [4.69, 9.17) is 0 Å². The summed E-state index contributed by atoms with van der Waals surface area (Å²) in [6.45, 7) is 1.68. The van der Waals surface area contributed by atoms with Crippen LogP contribution in [0.15, 0.2) is 53.3 Å². The lowest BCUT2D eigenvalue weighted by atomic mass is 10.0. The van der Waals surface area contributed by atoms with Gasteiger partial charge in [-0.3, -0.25) is 9.36 Å². The summed E-state index contributed by atoms with van der Waals surface area (Å²) in [5, 5.41) is 3.25. The summed E-state index contributed by atoms with van der Waals surface area (Å²) < 4.78 is 15.1. The van der Waals surface area contributed by atoms with E-state index in [1.54, 1.807) is 17.0 Å². The SMILES string of the molecule is Cl.O=C(Cn1c(=O)[nH]c2ccccc21)N1CCNCC1c1cccc(F)c1. The highest BCUT2D eigenvalue weighted by Gasteiger charge is 2.28. The fraction of sp³-hybridized carbons (Fsp3) is 0.263. The van der Waals surface area contributed by atoms with Gasteiger partial charge in [-0.15, -0.1) is 12.4 Å². The number of aromatic nitrogens is 2. The molecular weight excluding hydrogens is 371 g/mol. The van der Waals surface area contributed by atoms with Crippen LogP contribution in [0.25, 0.3) is 11.0 Å². The topological polar surface area (TPSA) is 70.1 Å². The van der Waals surface area contributed by atoms with Crippen molar-refractivity contribution in [2.75, 3.05) is 19.6 Å². The molecule has 1 aliphatic heterocycles. The minimum Gasteiger partial charge on any atom is -0.332 e. The van der Waals surface area contributed by atoms with Gasteiger partial charge in [-0.25, -0.2) is 9.18 Å². The maximum Gasteiger partial charge on any atom is 0.326 e. The average Bonchev–Trinajstić information content (AvgIpc) is 2.97. The lowest BCUT2D eigenvalue weighted by molar-refractivity contribution is -0.135. The number of nitrogens with zero attached hydrogens (tertiary/aromatic N) is 2. The predicted octanol–water partition coefficient (Wildman–Crippen LogP) is 2.06. The van der Waals surface area contributed by atoms with Gasteiger partial charge in [0.1, 0.15) is 12.4 Å². The van der Waals surface area contributed by atoms with Crippen LogP contribution >= 0.6 is 12.4 Å². The number of carbonyl (C=O) groups is 1. The molecule has 1 saturated heterocycles. The molecular formula is C19H20ClFN4O2. The van der Waals surface area contributed by atoms with E-state index in [-0.39, 0.29) is 42.4 Å². The summed E-state index contributed by atoms with van der Waals surface area (Å²) in [6, 6.07) is 13.3. The van der Waals surface area contributed by atoms with E-state index in [0.29, 0.717) is 30.7 Å². The van der Waals surface area contributed by atoms with Gasteiger partial charge in [-0.1, -0.05) is 24.3 Å². The first kappa shape index (κ1) is 19.1. The highest BCUT2D eigenvalue weighted by Crippen LogP contribution is 2.23. The van der Waals surface area contributed by atoms with Crippen LogP contribution < -0.4 is 11.0 Å². The van der Waals surface area contributed by atoms with Gasteiger partial charge in [0, 0.05) is 19.6 Å². The monoisotopic (exact) mass is 390 g/mol. The smallest absolute Gasteiger partial charge is 0.326 e. The van der Waals surface area contributed by atoms with Crippen molar-refractivity contribution in [1.82, 2.24) is 19.8 Å². The number of fused-ring (bicyclic) bond motifs is 1. The maximum absolute atomic E-state index is 13.6. The molecule has 1 fully saturated rings. The number of halogens is 2. The number of hydrogen-bond acceptors (Lipinski definition) is 3. The number of imidazole rings is 1. The van der Waals surface area contributed by atoms with Gasteiger partial charge in [-0.2, -0.15) is 0 Å². The molecule has 4 rings (SSSR count). The fourth-order valence-corrected chi connectivity index (χ4v) is 3.50. The highest BCUT2D eigenvalue weighted by atomic mass is 35.5. The van der Waals surface area contributed by atoms with E-state index in [1.807, 2.05) is 24.3 Å². The van der Waals surface area contributed by atoms with Crippen molar-refractivity contribution in [2.24, 2.45) is 0 Å². The number of benzene rings is 2. The molecule has 1 atom stereocenters. The van der Waals surface area contributed by atoms with Gasteiger partial charge in [0.25, 0.3) is 0 Å². The molecule has 0 aliphatic carbocycles. The highest BCUT2D eigenvalue weighted by molar-refractivity contribution is 5.85. The average molecular weight is 391 g/mol. The van der Waals surface area contributed by atoms with E-state index in [0.717, 1.165) is 5.56 Å². The molecule has 0 saturated carbocycles. The van der Waals surface area contributed by atoms with Gasteiger partial charge in [0.15, 0.2) is 0 Å². The number of nitrogens with one attached hydrogen (secondary N) is 2. The summed E-state index contributed by atoms with van der Waals surface area (Å²) in [5.74, 6) is -0.485. The van der Waals surface area contributed by atoms with Crippen LogP contribution in [-0.4, -0.2) is 40.0 Å². The number of rotatable bonds is 3. The third-order valence-electron chi connectivity index (χ3n) is 4.77. The predicted molar refractivity (Wildman–Crippen MR) is 104 cm³/mol. The molecule has 1 unspecified atom stereocenters. The normalized spacial score (nSPS) is 16.9. The van der Waals surface area contributed by atoms with Crippen LogP contribution in [-0.2, 0) is 11.3 Å². The number of carbonyl (C=O) groups excluding carboxylic acids is 1. The standard InChI is InChI=1S/C19H19FN4O2.ClH/c20-14-5-3-4-13(10-14)17-11-21-8-9-23(17)18(25)12-24-16-7-2-1-6-15(16)22-19(24)26;/h1-7,10,17,21H,8-9,11-12H2,(H,22,26);1H. The van der Waals surface area contributed by atoms with Crippen LogP contribution in [0.4, 0.5) is 4.39 Å². The largest absolute Gasteiger partial charge is 0.332 e. The van der Waals surface area contributed by atoms with Crippen molar-refractivity contribution in [3.05, 3.63) is 70.4 Å². The number of hydrogen-bond donors (Lipinski definition) is 2. The second-order valence-corrected chi connectivity index (χ2v) is 6.40. The summed E-state index contributed by atoms with van der Waals surface area (Å²) in [4.78, 5) is 29.7. The molecule has 0 radical (unpaired) electrons. The Labute approximate surface area is 161 Å². The molecule has 6 nitrogen and oxygen atoms in total. The van der Waals surface area contributed by atoms with Crippen LogP contribution in [0.5, 0.6) is 0 Å². The van der Waals surface area contributed by atoms with Crippen molar-refractivity contribution in [2.45, 2.75) is 12.6 Å².